The molecule has 1 atom stereocenters. The van der Waals surface area contributed by atoms with Crippen molar-refractivity contribution in [3.8, 4) is 0 Å². The third-order valence-electron chi connectivity index (χ3n) is 3.68. The number of rotatable bonds is 5. The zero-order valence-electron chi connectivity index (χ0n) is 10.5. The van der Waals surface area contributed by atoms with Crippen LogP contribution < -0.4 is 5.32 Å². The molecule has 0 aromatic carbocycles. The lowest BCUT2D eigenvalue weighted by Crippen LogP contribution is -2.34. The van der Waals surface area contributed by atoms with Crippen LogP contribution in [0.3, 0.4) is 0 Å². The van der Waals surface area contributed by atoms with E-state index in [9.17, 15) is 4.79 Å². The molecule has 0 bridgehead atoms. The standard InChI is InChI=1S/C13H18N2O2S/c1-2-17-7-6-15-11(10-3-8-18-9-10)14-13(4-5-13)12(15)16/h3,8-9,11,14H,2,4-7H2,1H3. The van der Waals surface area contributed by atoms with Gasteiger partial charge >= 0.3 is 0 Å². The van der Waals surface area contributed by atoms with Crippen LogP contribution in [0.1, 0.15) is 31.5 Å². The highest BCUT2D eigenvalue weighted by molar-refractivity contribution is 7.07. The first-order valence-corrected chi connectivity index (χ1v) is 7.40. The highest BCUT2D eigenvalue weighted by Gasteiger charge is 2.59. The summed E-state index contributed by atoms with van der Waals surface area (Å²) in [7, 11) is 0. The highest BCUT2D eigenvalue weighted by atomic mass is 32.1. The van der Waals surface area contributed by atoms with Gasteiger partial charge in [0.25, 0.3) is 0 Å². The van der Waals surface area contributed by atoms with Crippen LogP contribution in [0.15, 0.2) is 16.8 Å². The number of hydrogen-bond donors (Lipinski definition) is 1. The molecule has 1 saturated carbocycles. The Balaban J connectivity index is 1.76. The van der Waals surface area contributed by atoms with E-state index in [1.807, 2.05) is 11.8 Å². The fraction of sp³-hybridized carbons (Fsp3) is 0.615. The van der Waals surface area contributed by atoms with Gasteiger partial charge in [0.05, 0.1) is 6.61 Å². The van der Waals surface area contributed by atoms with E-state index in [0.717, 1.165) is 12.8 Å². The summed E-state index contributed by atoms with van der Waals surface area (Å²) in [5.74, 6) is 0.249. The minimum atomic E-state index is -0.251. The number of amides is 1. The van der Waals surface area contributed by atoms with Gasteiger partial charge < -0.3 is 9.64 Å². The number of carbonyl (C=O) groups excluding carboxylic acids is 1. The van der Waals surface area contributed by atoms with Crippen LogP contribution in [-0.4, -0.2) is 36.1 Å². The maximum absolute atomic E-state index is 12.4. The molecule has 1 N–H and O–H groups in total. The maximum atomic E-state index is 12.4. The Labute approximate surface area is 111 Å². The molecule has 1 aromatic rings. The minimum absolute atomic E-state index is 0.0340. The van der Waals surface area contributed by atoms with E-state index in [4.69, 9.17) is 4.74 Å². The van der Waals surface area contributed by atoms with E-state index in [0.29, 0.717) is 19.8 Å². The number of nitrogens with zero attached hydrogens (tertiary/aromatic N) is 1. The molecule has 3 rings (SSSR count). The van der Waals surface area contributed by atoms with E-state index < -0.39 is 0 Å². The third kappa shape index (κ3) is 1.96. The van der Waals surface area contributed by atoms with Crippen molar-refractivity contribution in [1.82, 2.24) is 10.2 Å². The Morgan fingerprint density at radius 2 is 2.44 bits per heavy atom. The van der Waals surface area contributed by atoms with E-state index in [1.54, 1.807) is 11.3 Å². The van der Waals surface area contributed by atoms with Crippen LogP contribution in [0.2, 0.25) is 0 Å². The lowest BCUT2D eigenvalue weighted by molar-refractivity contribution is -0.131. The molecular formula is C13H18N2O2S. The Morgan fingerprint density at radius 3 is 3.06 bits per heavy atom. The van der Waals surface area contributed by atoms with Crippen molar-refractivity contribution in [1.29, 1.82) is 0 Å². The van der Waals surface area contributed by atoms with Gasteiger partial charge in [0.2, 0.25) is 5.91 Å². The molecule has 1 saturated heterocycles. The second-order valence-corrected chi connectivity index (χ2v) is 5.66. The monoisotopic (exact) mass is 266 g/mol. The number of thiophene rings is 1. The molecule has 1 aromatic heterocycles. The van der Waals surface area contributed by atoms with Gasteiger partial charge in [-0.15, -0.1) is 0 Å². The molecule has 1 spiro atoms. The van der Waals surface area contributed by atoms with Crippen LogP contribution >= 0.6 is 11.3 Å². The third-order valence-corrected chi connectivity index (χ3v) is 4.39. The molecule has 0 radical (unpaired) electrons. The van der Waals surface area contributed by atoms with Crippen LogP contribution in [0.25, 0.3) is 0 Å². The normalized spacial score (nSPS) is 25.1. The Bertz CT molecular complexity index is 428. The van der Waals surface area contributed by atoms with Gasteiger partial charge in [-0.3, -0.25) is 10.1 Å². The molecular weight excluding hydrogens is 248 g/mol. The van der Waals surface area contributed by atoms with Crippen molar-refractivity contribution in [2.45, 2.75) is 31.5 Å². The van der Waals surface area contributed by atoms with Gasteiger partial charge in [0.1, 0.15) is 11.7 Å². The van der Waals surface area contributed by atoms with Crippen molar-refractivity contribution >= 4 is 17.2 Å². The Hall–Kier alpha value is -0.910. The van der Waals surface area contributed by atoms with Gasteiger partial charge in [-0.2, -0.15) is 11.3 Å². The summed E-state index contributed by atoms with van der Waals surface area (Å²) in [5, 5.41) is 7.66. The second kappa shape index (κ2) is 4.64. The average Bonchev–Trinajstić information content (AvgIpc) is 2.85. The van der Waals surface area contributed by atoms with Gasteiger partial charge in [0, 0.05) is 13.2 Å². The van der Waals surface area contributed by atoms with Gasteiger partial charge in [-0.25, -0.2) is 0 Å². The summed E-state index contributed by atoms with van der Waals surface area (Å²) in [5.41, 5.74) is 0.937. The molecule has 2 fully saturated rings. The quantitative estimate of drug-likeness (QED) is 0.826. The number of hydrogen-bond acceptors (Lipinski definition) is 4. The molecule has 2 aliphatic rings. The fourth-order valence-corrected chi connectivity index (χ4v) is 3.19. The first kappa shape index (κ1) is 12.1. The van der Waals surface area contributed by atoms with Crippen molar-refractivity contribution in [2.24, 2.45) is 0 Å². The molecule has 1 unspecified atom stereocenters. The second-order valence-electron chi connectivity index (χ2n) is 4.88. The van der Waals surface area contributed by atoms with E-state index in [2.05, 4.69) is 22.1 Å². The molecule has 1 aliphatic heterocycles. The van der Waals surface area contributed by atoms with Crippen molar-refractivity contribution in [3.63, 3.8) is 0 Å². The van der Waals surface area contributed by atoms with E-state index in [1.165, 1.54) is 5.56 Å². The SMILES string of the molecule is CCOCCN1C(=O)C2(CC2)NC1c1ccsc1. The lowest BCUT2D eigenvalue weighted by Gasteiger charge is -2.23. The lowest BCUT2D eigenvalue weighted by atomic mass is 10.2. The predicted octanol–water partition coefficient (Wildman–Crippen LogP) is 1.75. The van der Waals surface area contributed by atoms with Crippen molar-refractivity contribution in [3.05, 3.63) is 22.4 Å². The van der Waals surface area contributed by atoms with E-state index >= 15 is 0 Å². The summed E-state index contributed by atoms with van der Waals surface area (Å²) in [6.45, 7) is 3.95. The smallest absolute Gasteiger partial charge is 0.244 e. The number of carbonyl (C=O) groups is 1. The fourth-order valence-electron chi connectivity index (χ4n) is 2.51. The van der Waals surface area contributed by atoms with Crippen LogP contribution in [-0.2, 0) is 9.53 Å². The van der Waals surface area contributed by atoms with Crippen LogP contribution in [0.5, 0.6) is 0 Å². The summed E-state index contributed by atoms with van der Waals surface area (Å²) in [6.07, 6.45) is 1.97. The molecule has 4 nitrogen and oxygen atoms in total. The summed E-state index contributed by atoms with van der Waals surface area (Å²) in [4.78, 5) is 14.3. The van der Waals surface area contributed by atoms with Crippen molar-refractivity contribution in [2.75, 3.05) is 19.8 Å². The molecule has 18 heavy (non-hydrogen) atoms. The highest BCUT2D eigenvalue weighted by Crippen LogP contribution is 2.45. The zero-order chi connectivity index (χ0) is 12.6. The maximum Gasteiger partial charge on any atom is 0.244 e. The van der Waals surface area contributed by atoms with E-state index in [-0.39, 0.29) is 17.6 Å². The average molecular weight is 266 g/mol. The van der Waals surface area contributed by atoms with Crippen LogP contribution in [0.4, 0.5) is 0 Å². The Morgan fingerprint density at radius 1 is 1.61 bits per heavy atom. The van der Waals surface area contributed by atoms with Gasteiger partial charge in [-0.1, -0.05) is 0 Å². The van der Waals surface area contributed by atoms with Gasteiger partial charge in [0.15, 0.2) is 0 Å². The zero-order valence-corrected chi connectivity index (χ0v) is 11.3. The molecule has 1 amide bonds. The topological polar surface area (TPSA) is 41.6 Å². The molecule has 2 heterocycles. The Kier molecular flexibility index (Phi) is 3.13. The van der Waals surface area contributed by atoms with Gasteiger partial charge in [-0.05, 0) is 42.2 Å². The largest absolute Gasteiger partial charge is 0.380 e. The summed E-state index contributed by atoms with van der Waals surface area (Å²) in [6, 6.07) is 2.09. The number of nitrogens with one attached hydrogen (secondary N) is 1. The summed E-state index contributed by atoms with van der Waals surface area (Å²) >= 11 is 1.67. The molecule has 98 valence electrons. The first-order chi connectivity index (χ1) is 8.77. The minimum Gasteiger partial charge on any atom is -0.380 e. The van der Waals surface area contributed by atoms with Crippen molar-refractivity contribution < 1.29 is 9.53 Å². The number of ether oxygens (including phenoxy) is 1. The molecule has 5 heteroatoms. The molecule has 1 aliphatic carbocycles. The first-order valence-electron chi connectivity index (χ1n) is 6.45. The summed E-state index contributed by atoms with van der Waals surface area (Å²) < 4.78 is 5.38. The predicted molar refractivity (Wildman–Crippen MR) is 70.4 cm³/mol. The van der Waals surface area contributed by atoms with Crippen LogP contribution in [0, 0.1) is 0 Å².